The second-order valence-electron chi connectivity index (χ2n) is 5.01. The molecule has 0 aliphatic carbocycles. The minimum Gasteiger partial charge on any atom is -0.491 e. The number of hydrogen-bond acceptors (Lipinski definition) is 2. The van der Waals surface area contributed by atoms with Gasteiger partial charge in [-0.1, -0.05) is 35.3 Å². The summed E-state index contributed by atoms with van der Waals surface area (Å²) >= 11 is 12.4. The third kappa shape index (κ3) is 4.13. The molecule has 5 heteroatoms. The van der Waals surface area contributed by atoms with E-state index in [9.17, 15) is 4.39 Å². The Labute approximate surface area is 140 Å². The van der Waals surface area contributed by atoms with E-state index in [0.717, 1.165) is 11.1 Å². The van der Waals surface area contributed by atoms with Crippen LogP contribution >= 0.6 is 23.2 Å². The number of rotatable bonds is 6. The summed E-state index contributed by atoms with van der Waals surface area (Å²) in [5.41, 5.74) is 7.82. The molecule has 0 aromatic heterocycles. The summed E-state index contributed by atoms with van der Waals surface area (Å²) in [4.78, 5) is 0. The van der Waals surface area contributed by atoms with Crippen molar-refractivity contribution in [2.24, 2.45) is 5.73 Å². The van der Waals surface area contributed by atoms with Crippen LogP contribution in [0.25, 0.3) is 0 Å². The maximum atomic E-state index is 13.0. The number of nitrogens with two attached hydrogens (primary N) is 1. The van der Waals surface area contributed by atoms with Gasteiger partial charge in [0.1, 0.15) is 5.82 Å². The molecule has 0 fully saturated rings. The van der Waals surface area contributed by atoms with E-state index >= 15 is 0 Å². The molecular formula is C17H18Cl2FNO. The van der Waals surface area contributed by atoms with Crippen LogP contribution in [0.4, 0.5) is 4.39 Å². The Morgan fingerprint density at radius 3 is 2.23 bits per heavy atom. The van der Waals surface area contributed by atoms with Gasteiger partial charge in [-0.15, -0.1) is 0 Å². The molecule has 2 N–H and O–H groups in total. The first-order chi connectivity index (χ1) is 10.5. The van der Waals surface area contributed by atoms with E-state index in [2.05, 4.69) is 0 Å². The van der Waals surface area contributed by atoms with Gasteiger partial charge in [0.2, 0.25) is 0 Å². The lowest BCUT2D eigenvalue weighted by atomic mass is 9.92. The van der Waals surface area contributed by atoms with Gasteiger partial charge in [-0.3, -0.25) is 0 Å². The zero-order valence-electron chi connectivity index (χ0n) is 12.3. The predicted molar refractivity (Wildman–Crippen MR) is 89.5 cm³/mol. The normalized spacial score (nSPS) is 12.2. The van der Waals surface area contributed by atoms with Gasteiger partial charge in [0, 0.05) is 5.92 Å². The highest BCUT2D eigenvalue weighted by Crippen LogP contribution is 2.35. The molecule has 1 unspecified atom stereocenters. The minimum absolute atomic E-state index is 0.0747. The van der Waals surface area contributed by atoms with Crippen LogP contribution in [0.2, 0.25) is 10.0 Å². The smallest absolute Gasteiger partial charge is 0.156 e. The lowest BCUT2D eigenvalue weighted by Crippen LogP contribution is -2.15. The van der Waals surface area contributed by atoms with Crippen molar-refractivity contribution in [3.05, 3.63) is 63.4 Å². The quantitative estimate of drug-likeness (QED) is 0.817. The molecule has 2 aromatic rings. The maximum absolute atomic E-state index is 13.0. The summed E-state index contributed by atoms with van der Waals surface area (Å²) in [6.07, 6.45) is 0.675. The first-order valence-electron chi connectivity index (χ1n) is 7.11. The molecule has 0 amide bonds. The van der Waals surface area contributed by atoms with E-state index < -0.39 is 0 Å². The molecular weight excluding hydrogens is 324 g/mol. The average molecular weight is 342 g/mol. The average Bonchev–Trinajstić information content (AvgIpc) is 2.49. The van der Waals surface area contributed by atoms with Gasteiger partial charge < -0.3 is 10.5 Å². The molecule has 2 nitrogen and oxygen atoms in total. The standard InChI is InChI=1S/C17H18Cl2FNO/c1-2-22-17-15(18)8-11(9-16(17)19)7-13(10-21)12-3-5-14(20)6-4-12/h3-6,8-9,13H,2,7,10,21H2,1H3. The van der Waals surface area contributed by atoms with E-state index in [1.54, 1.807) is 12.1 Å². The van der Waals surface area contributed by atoms with Crippen molar-refractivity contribution in [2.45, 2.75) is 19.3 Å². The van der Waals surface area contributed by atoms with Crippen molar-refractivity contribution in [3.63, 3.8) is 0 Å². The molecule has 0 saturated carbocycles. The van der Waals surface area contributed by atoms with Crippen molar-refractivity contribution < 1.29 is 9.13 Å². The van der Waals surface area contributed by atoms with Crippen LogP contribution in [0.3, 0.4) is 0 Å². The Balaban J connectivity index is 2.22. The molecule has 22 heavy (non-hydrogen) atoms. The van der Waals surface area contributed by atoms with Gasteiger partial charge in [0.25, 0.3) is 0 Å². The van der Waals surface area contributed by atoms with E-state index in [4.69, 9.17) is 33.7 Å². The summed E-state index contributed by atoms with van der Waals surface area (Å²) in [5.74, 6) is 0.318. The van der Waals surface area contributed by atoms with Crippen LogP contribution in [0, 0.1) is 5.82 Å². The highest BCUT2D eigenvalue weighted by Gasteiger charge is 2.14. The van der Waals surface area contributed by atoms with E-state index in [0.29, 0.717) is 35.4 Å². The fourth-order valence-electron chi connectivity index (χ4n) is 2.37. The second kappa shape index (κ2) is 7.82. The molecule has 0 aliphatic heterocycles. The predicted octanol–water partition coefficient (Wildman–Crippen LogP) is 4.82. The third-order valence-corrected chi connectivity index (χ3v) is 4.02. The Bertz CT molecular complexity index is 608. The molecule has 0 radical (unpaired) electrons. The van der Waals surface area contributed by atoms with E-state index in [1.165, 1.54) is 12.1 Å². The fourth-order valence-corrected chi connectivity index (χ4v) is 3.01. The van der Waals surface area contributed by atoms with Crippen molar-refractivity contribution >= 4 is 23.2 Å². The van der Waals surface area contributed by atoms with Crippen molar-refractivity contribution in [3.8, 4) is 5.75 Å². The number of benzene rings is 2. The van der Waals surface area contributed by atoms with Crippen LogP contribution in [-0.4, -0.2) is 13.2 Å². The fraction of sp³-hybridized carbons (Fsp3) is 0.294. The maximum Gasteiger partial charge on any atom is 0.156 e. The highest BCUT2D eigenvalue weighted by molar-refractivity contribution is 6.37. The Kier molecular flexibility index (Phi) is 6.07. The monoisotopic (exact) mass is 341 g/mol. The zero-order chi connectivity index (χ0) is 16.1. The third-order valence-electron chi connectivity index (χ3n) is 3.45. The van der Waals surface area contributed by atoms with Crippen molar-refractivity contribution in [1.29, 1.82) is 0 Å². The molecule has 118 valence electrons. The molecule has 2 aromatic carbocycles. The molecule has 0 saturated heterocycles. The Morgan fingerprint density at radius 1 is 1.14 bits per heavy atom. The number of hydrogen-bond donors (Lipinski definition) is 1. The molecule has 2 rings (SSSR count). The van der Waals surface area contributed by atoms with Crippen LogP contribution < -0.4 is 10.5 Å². The second-order valence-corrected chi connectivity index (χ2v) is 5.82. The van der Waals surface area contributed by atoms with Gasteiger partial charge in [-0.2, -0.15) is 0 Å². The first-order valence-corrected chi connectivity index (χ1v) is 7.87. The van der Waals surface area contributed by atoms with E-state index in [1.807, 2.05) is 19.1 Å². The Morgan fingerprint density at radius 2 is 1.73 bits per heavy atom. The topological polar surface area (TPSA) is 35.2 Å². The summed E-state index contributed by atoms with van der Waals surface area (Å²) in [7, 11) is 0. The zero-order valence-corrected chi connectivity index (χ0v) is 13.8. The van der Waals surface area contributed by atoms with Crippen LogP contribution in [-0.2, 0) is 6.42 Å². The lowest BCUT2D eigenvalue weighted by molar-refractivity contribution is 0.340. The summed E-state index contributed by atoms with van der Waals surface area (Å²) in [6.45, 7) is 2.83. The summed E-state index contributed by atoms with van der Waals surface area (Å²) in [6, 6.07) is 10.1. The van der Waals surface area contributed by atoms with Crippen LogP contribution in [0.15, 0.2) is 36.4 Å². The van der Waals surface area contributed by atoms with Gasteiger partial charge in [0.05, 0.1) is 16.7 Å². The van der Waals surface area contributed by atoms with Gasteiger partial charge in [0.15, 0.2) is 5.75 Å². The van der Waals surface area contributed by atoms with Gasteiger partial charge >= 0.3 is 0 Å². The minimum atomic E-state index is -0.258. The van der Waals surface area contributed by atoms with Gasteiger partial charge in [-0.05, 0) is 55.3 Å². The molecule has 0 aliphatic rings. The van der Waals surface area contributed by atoms with Crippen molar-refractivity contribution in [1.82, 2.24) is 0 Å². The lowest BCUT2D eigenvalue weighted by Gasteiger charge is -2.17. The molecule has 0 bridgehead atoms. The van der Waals surface area contributed by atoms with E-state index in [-0.39, 0.29) is 11.7 Å². The molecule has 0 heterocycles. The van der Waals surface area contributed by atoms with Crippen LogP contribution in [0.5, 0.6) is 5.75 Å². The SMILES string of the molecule is CCOc1c(Cl)cc(CC(CN)c2ccc(F)cc2)cc1Cl. The van der Waals surface area contributed by atoms with Gasteiger partial charge in [-0.25, -0.2) is 4.39 Å². The highest BCUT2D eigenvalue weighted by atomic mass is 35.5. The van der Waals surface area contributed by atoms with Crippen LogP contribution in [0.1, 0.15) is 24.0 Å². The first kappa shape index (κ1) is 17.1. The molecule has 0 spiro atoms. The van der Waals surface area contributed by atoms with Crippen molar-refractivity contribution in [2.75, 3.05) is 13.2 Å². The largest absolute Gasteiger partial charge is 0.491 e. The number of ether oxygens (including phenoxy) is 1. The summed E-state index contributed by atoms with van der Waals surface area (Å²) in [5, 5.41) is 0.971. The molecule has 1 atom stereocenters. The summed E-state index contributed by atoms with van der Waals surface area (Å²) < 4.78 is 18.4. The Hall–Kier alpha value is -1.29. The number of halogens is 3.